The molecule has 4 unspecified atom stereocenters. The number of hydrogen-bond donors (Lipinski definition) is 2. The third-order valence-electron chi connectivity index (χ3n) is 5.11. The van der Waals surface area contributed by atoms with E-state index in [1.165, 1.54) is 12.8 Å². The second-order valence-corrected chi connectivity index (χ2v) is 6.07. The standard InChI is InChI=1S/C15H27NO/c1-2-12-8-9-15(10-12,11-16)14(17)13-6-4-3-5-7-13/h3-4,12-14,17H,2,5-11,16H2,1H3. The third kappa shape index (κ3) is 2.58. The highest BCUT2D eigenvalue weighted by Gasteiger charge is 2.45. The van der Waals surface area contributed by atoms with E-state index in [4.69, 9.17) is 5.73 Å². The Bertz CT molecular complexity index is 276. The molecule has 1 fully saturated rings. The van der Waals surface area contributed by atoms with Crippen molar-refractivity contribution in [2.45, 2.75) is 58.0 Å². The maximum absolute atomic E-state index is 10.7. The highest BCUT2D eigenvalue weighted by atomic mass is 16.3. The van der Waals surface area contributed by atoms with Crippen molar-refractivity contribution in [3.63, 3.8) is 0 Å². The van der Waals surface area contributed by atoms with Crippen LogP contribution in [-0.2, 0) is 0 Å². The van der Waals surface area contributed by atoms with Gasteiger partial charge in [0.05, 0.1) is 6.10 Å². The maximum atomic E-state index is 10.7. The Morgan fingerprint density at radius 1 is 1.41 bits per heavy atom. The van der Waals surface area contributed by atoms with E-state index in [0.717, 1.165) is 38.0 Å². The van der Waals surface area contributed by atoms with Crippen LogP contribution in [0, 0.1) is 17.3 Å². The summed E-state index contributed by atoms with van der Waals surface area (Å²) >= 11 is 0. The van der Waals surface area contributed by atoms with Gasteiger partial charge in [0.25, 0.3) is 0 Å². The molecular formula is C15H27NO. The lowest BCUT2D eigenvalue weighted by atomic mass is 9.71. The molecule has 0 amide bonds. The summed E-state index contributed by atoms with van der Waals surface area (Å²) in [5.74, 6) is 1.23. The number of aliphatic hydroxyl groups is 1. The number of nitrogens with two attached hydrogens (primary N) is 1. The minimum absolute atomic E-state index is 0.0243. The highest BCUT2D eigenvalue weighted by Crippen LogP contribution is 2.48. The second kappa shape index (κ2) is 5.53. The summed E-state index contributed by atoms with van der Waals surface area (Å²) in [5, 5.41) is 10.7. The molecule has 98 valence electrons. The molecule has 17 heavy (non-hydrogen) atoms. The Morgan fingerprint density at radius 2 is 2.24 bits per heavy atom. The summed E-state index contributed by atoms with van der Waals surface area (Å²) in [6.45, 7) is 2.91. The SMILES string of the molecule is CCC1CCC(CN)(C(O)C2CC=CCC2)C1. The first-order chi connectivity index (χ1) is 8.22. The van der Waals surface area contributed by atoms with E-state index in [1.54, 1.807) is 0 Å². The molecule has 4 atom stereocenters. The van der Waals surface area contributed by atoms with Gasteiger partial charge in [0.15, 0.2) is 0 Å². The van der Waals surface area contributed by atoms with E-state index in [2.05, 4.69) is 19.1 Å². The van der Waals surface area contributed by atoms with E-state index >= 15 is 0 Å². The molecule has 1 saturated carbocycles. The first kappa shape index (κ1) is 13.1. The van der Waals surface area contributed by atoms with Crippen LogP contribution in [0.2, 0.25) is 0 Å². The molecule has 3 N–H and O–H groups in total. The molecule has 0 bridgehead atoms. The summed E-state index contributed by atoms with van der Waals surface area (Å²) in [5.41, 5.74) is 6.04. The molecule has 0 heterocycles. The summed E-state index contributed by atoms with van der Waals surface area (Å²) in [7, 11) is 0. The monoisotopic (exact) mass is 237 g/mol. The number of hydrogen-bond acceptors (Lipinski definition) is 2. The van der Waals surface area contributed by atoms with Crippen molar-refractivity contribution in [1.82, 2.24) is 0 Å². The summed E-state index contributed by atoms with van der Waals surface area (Å²) in [4.78, 5) is 0. The molecule has 0 aliphatic heterocycles. The molecule has 0 radical (unpaired) electrons. The van der Waals surface area contributed by atoms with Gasteiger partial charge in [-0.25, -0.2) is 0 Å². The first-order valence-electron chi connectivity index (χ1n) is 7.25. The average molecular weight is 237 g/mol. The van der Waals surface area contributed by atoms with Gasteiger partial charge in [-0.3, -0.25) is 0 Å². The van der Waals surface area contributed by atoms with E-state index in [-0.39, 0.29) is 11.5 Å². The summed E-state index contributed by atoms with van der Waals surface area (Å²) in [6.07, 6.45) is 12.3. The van der Waals surface area contributed by atoms with Gasteiger partial charge in [-0.2, -0.15) is 0 Å². The predicted molar refractivity (Wildman–Crippen MR) is 71.6 cm³/mol. The van der Waals surface area contributed by atoms with Crippen molar-refractivity contribution < 1.29 is 5.11 Å². The number of aliphatic hydroxyl groups excluding tert-OH is 1. The van der Waals surface area contributed by atoms with Crippen LogP contribution >= 0.6 is 0 Å². The molecule has 0 saturated heterocycles. The Hall–Kier alpha value is -0.340. The van der Waals surface area contributed by atoms with Crippen molar-refractivity contribution in [1.29, 1.82) is 0 Å². The van der Waals surface area contributed by atoms with Crippen LogP contribution in [0.15, 0.2) is 12.2 Å². The minimum Gasteiger partial charge on any atom is -0.392 e. The van der Waals surface area contributed by atoms with Gasteiger partial charge < -0.3 is 10.8 Å². The van der Waals surface area contributed by atoms with Crippen molar-refractivity contribution in [2.75, 3.05) is 6.54 Å². The lowest BCUT2D eigenvalue weighted by molar-refractivity contribution is -0.0167. The largest absolute Gasteiger partial charge is 0.392 e. The van der Waals surface area contributed by atoms with E-state index < -0.39 is 0 Å². The van der Waals surface area contributed by atoms with Gasteiger partial charge in [-0.1, -0.05) is 25.5 Å². The van der Waals surface area contributed by atoms with Gasteiger partial charge in [0.1, 0.15) is 0 Å². The highest BCUT2D eigenvalue weighted by molar-refractivity contribution is 5.01. The summed E-state index contributed by atoms with van der Waals surface area (Å²) in [6, 6.07) is 0. The maximum Gasteiger partial charge on any atom is 0.0639 e. The van der Waals surface area contributed by atoms with E-state index in [9.17, 15) is 5.11 Å². The summed E-state index contributed by atoms with van der Waals surface area (Å²) < 4.78 is 0. The van der Waals surface area contributed by atoms with Gasteiger partial charge >= 0.3 is 0 Å². The fourth-order valence-corrected chi connectivity index (χ4v) is 3.80. The lowest BCUT2D eigenvalue weighted by Gasteiger charge is -2.39. The first-order valence-corrected chi connectivity index (χ1v) is 7.25. The fourth-order valence-electron chi connectivity index (χ4n) is 3.80. The van der Waals surface area contributed by atoms with Crippen molar-refractivity contribution in [3.05, 3.63) is 12.2 Å². The van der Waals surface area contributed by atoms with Gasteiger partial charge in [0, 0.05) is 12.0 Å². The van der Waals surface area contributed by atoms with Crippen LogP contribution in [-0.4, -0.2) is 17.8 Å². The molecule has 0 aromatic carbocycles. The second-order valence-electron chi connectivity index (χ2n) is 6.07. The van der Waals surface area contributed by atoms with Crippen LogP contribution in [0.5, 0.6) is 0 Å². The Kier molecular flexibility index (Phi) is 4.26. The molecule has 0 aromatic heterocycles. The van der Waals surface area contributed by atoms with Gasteiger partial charge in [-0.05, 0) is 50.4 Å². The molecule has 2 aliphatic rings. The molecule has 0 spiro atoms. The smallest absolute Gasteiger partial charge is 0.0639 e. The van der Waals surface area contributed by atoms with Crippen molar-refractivity contribution in [2.24, 2.45) is 23.0 Å². The molecule has 2 nitrogen and oxygen atoms in total. The Labute approximate surface area is 105 Å². The Morgan fingerprint density at radius 3 is 2.76 bits per heavy atom. The topological polar surface area (TPSA) is 46.2 Å². The average Bonchev–Trinajstić information content (AvgIpc) is 2.84. The van der Waals surface area contributed by atoms with Crippen molar-refractivity contribution >= 4 is 0 Å². The normalized spacial score (nSPS) is 39.5. The number of rotatable bonds is 4. The quantitative estimate of drug-likeness (QED) is 0.739. The molecule has 0 aromatic rings. The predicted octanol–water partition coefficient (Wildman–Crippen LogP) is 2.86. The molecule has 2 aliphatic carbocycles. The van der Waals surface area contributed by atoms with Crippen LogP contribution < -0.4 is 5.73 Å². The minimum atomic E-state index is -0.186. The Balaban J connectivity index is 2.04. The van der Waals surface area contributed by atoms with Crippen molar-refractivity contribution in [3.8, 4) is 0 Å². The van der Waals surface area contributed by atoms with Gasteiger partial charge in [-0.15, -0.1) is 0 Å². The van der Waals surface area contributed by atoms with Crippen LogP contribution in [0.25, 0.3) is 0 Å². The molecule has 2 heteroatoms. The van der Waals surface area contributed by atoms with E-state index in [1.807, 2.05) is 0 Å². The van der Waals surface area contributed by atoms with Crippen LogP contribution in [0.4, 0.5) is 0 Å². The van der Waals surface area contributed by atoms with Gasteiger partial charge in [0.2, 0.25) is 0 Å². The third-order valence-corrected chi connectivity index (χ3v) is 5.11. The zero-order valence-electron chi connectivity index (χ0n) is 11.1. The zero-order chi connectivity index (χ0) is 12.3. The van der Waals surface area contributed by atoms with Crippen LogP contribution in [0.3, 0.4) is 0 Å². The molecule has 2 rings (SSSR count). The van der Waals surface area contributed by atoms with E-state index in [0.29, 0.717) is 12.5 Å². The molecular weight excluding hydrogens is 210 g/mol. The fraction of sp³-hybridized carbons (Fsp3) is 0.867. The van der Waals surface area contributed by atoms with Crippen LogP contribution in [0.1, 0.15) is 51.9 Å². The zero-order valence-corrected chi connectivity index (χ0v) is 11.1. The lowest BCUT2D eigenvalue weighted by Crippen LogP contribution is -2.44. The number of allylic oxidation sites excluding steroid dienone is 2.